The van der Waals surface area contributed by atoms with E-state index in [1.807, 2.05) is 0 Å². The summed E-state index contributed by atoms with van der Waals surface area (Å²) < 4.78 is 6.87. The fraction of sp³-hybridized carbons (Fsp3) is 0.0833. The van der Waals surface area contributed by atoms with Crippen LogP contribution in [0.15, 0.2) is 170 Å². The SMILES string of the molecule is CC1(C)c2ccccc2-c2ccc(-c3ccc(C4(c5ccccc5)c5c(ccc6ccccc56)Oc5ccc6ccccc6c54)cc3)cc21. The zero-order chi connectivity index (χ0) is 32.7. The highest BCUT2D eigenvalue weighted by molar-refractivity contribution is 5.98. The molecule has 49 heavy (non-hydrogen) atoms. The topological polar surface area (TPSA) is 9.23 Å². The Balaban J connectivity index is 1.25. The second-order valence-electron chi connectivity index (χ2n) is 14.0. The lowest BCUT2D eigenvalue weighted by Gasteiger charge is -2.43. The molecule has 0 amide bonds. The van der Waals surface area contributed by atoms with Crippen molar-refractivity contribution in [3.63, 3.8) is 0 Å². The Hall–Kier alpha value is -5.92. The van der Waals surface area contributed by atoms with E-state index in [-0.39, 0.29) is 5.41 Å². The Labute approximate surface area is 287 Å². The molecule has 10 rings (SSSR count). The average Bonchev–Trinajstić information content (AvgIpc) is 3.39. The molecule has 1 heterocycles. The van der Waals surface area contributed by atoms with Crippen molar-refractivity contribution in [2.45, 2.75) is 24.7 Å². The highest BCUT2D eigenvalue weighted by atomic mass is 16.5. The van der Waals surface area contributed by atoms with Crippen molar-refractivity contribution in [1.82, 2.24) is 0 Å². The molecule has 0 N–H and O–H groups in total. The predicted molar refractivity (Wildman–Crippen MR) is 203 cm³/mol. The van der Waals surface area contributed by atoms with E-state index in [0.717, 1.165) is 11.5 Å². The van der Waals surface area contributed by atoms with Gasteiger partial charge in [-0.05, 0) is 84.3 Å². The molecule has 8 aromatic carbocycles. The van der Waals surface area contributed by atoms with E-state index in [2.05, 4.69) is 184 Å². The second kappa shape index (κ2) is 10.3. The van der Waals surface area contributed by atoms with Gasteiger partial charge in [-0.3, -0.25) is 0 Å². The molecule has 0 radical (unpaired) electrons. The van der Waals surface area contributed by atoms with E-state index in [0.29, 0.717) is 0 Å². The fourth-order valence-electron chi connectivity index (χ4n) is 8.92. The lowest BCUT2D eigenvalue weighted by atomic mass is 9.61. The molecule has 0 aromatic heterocycles. The highest BCUT2D eigenvalue weighted by Gasteiger charge is 2.47. The minimum Gasteiger partial charge on any atom is -0.457 e. The summed E-state index contributed by atoms with van der Waals surface area (Å²) >= 11 is 0. The molecule has 1 aliphatic heterocycles. The molecule has 0 bridgehead atoms. The Morgan fingerprint density at radius 2 is 0.939 bits per heavy atom. The van der Waals surface area contributed by atoms with E-state index >= 15 is 0 Å². The molecule has 0 saturated carbocycles. The molecule has 8 aromatic rings. The van der Waals surface area contributed by atoms with Gasteiger partial charge >= 0.3 is 0 Å². The largest absolute Gasteiger partial charge is 0.457 e. The first-order chi connectivity index (χ1) is 24.0. The second-order valence-corrected chi connectivity index (χ2v) is 14.0. The molecule has 0 spiro atoms. The van der Waals surface area contributed by atoms with E-state index in [9.17, 15) is 0 Å². The molecule has 2 aliphatic rings. The van der Waals surface area contributed by atoms with Gasteiger partial charge in [-0.15, -0.1) is 0 Å². The number of ether oxygens (including phenoxy) is 1. The Kier molecular flexibility index (Phi) is 5.91. The smallest absolute Gasteiger partial charge is 0.132 e. The zero-order valence-electron chi connectivity index (χ0n) is 27.6. The van der Waals surface area contributed by atoms with Crippen LogP contribution in [0, 0.1) is 0 Å². The summed E-state index contributed by atoms with van der Waals surface area (Å²) in [5.74, 6) is 1.80. The van der Waals surface area contributed by atoms with Gasteiger partial charge in [0.25, 0.3) is 0 Å². The predicted octanol–water partition coefficient (Wildman–Crippen LogP) is 12.5. The molecule has 0 unspecified atom stereocenters. The number of hydrogen-bond acceptors (Lipinski definition) is 1. The summed E-state index contributed by atoms with van der Waals surface area (Å²) in [5.41, 5.74) is 12.1. The van der Waals surface area contributed by atoms with Gasteiger partial charge in [0.05, 0.1) is 5.41 Å². The van der Waals surface area contributed by atoms with Gasteiger partial charge in [-0.2, -0.15) is 0 Å². The van der Waals surface area contributed by atoms with Crippen molar-refractivity contribution in [3.05, 3.63) is 203 Å². The number of hydrogen-bond donors (Lipinski definition) is 0. The molecular weight excluding hydrogens is 593 g/mol. The van der Waals surface area contributed by atoms with Crippen LogP contribution >= 0.6 is 0 Å². The van der Waals surface area contributed by atoms with Crippen LogP contribution in [-0.4, -0.2) is 0 Å². The van der Waals surface area contributed by atoms with Crippen LogP contribution in [0.2, 0.25) is 0 Å². The summed E-state index contributed by atoms with van der Waals surface area (Å²) in [4.78, 5) is 0. The van der Waals surface area contributed by atoms with Gasteiger partial charge in [0.2, 0.25) is 0 Å². The summed E-state index contributed by atoms with van der Waals surface area (Å²) in [6, 6.07) is 62.4. The van der Waals surface area contributed by atoms with Crippen LogP contribution in [0.5, 0.6) is 11.5 Å². The average molecular weight is 627 g/mol. The van der Waals surface area contributed by atoms with E-state index in [1.54, 1.807) is 0 Å². The highest BCUT2D eigenvalue weighted by Crippen LogP contribution is 2.59. The van der Waals surface area contributed by atoms with Crippen LogP contribution in [-0.2, 0) is 10.8 Å². The maximum absolute atomic E-state index is 6.87. The standard InChI is InChI=1S/C48H34O/c1-47(2)41-19-11-10-18-39(41)40-27-22-34(30-42(40)47)31-20-25-36(26-21-31)48(35-14-4-3-5-15-35)45-37-16-8-6-12-32(37)23-28-43(45)49-44-29-24-33-13-7-9-17-38(33)46(44)48/h3-30H,1-2H3. The summed E-state index contributed by atoms with van der Waals surface area (Å²) in [6.45, 7) is 4.70. The lowest BCUT2D eigenvalue weighted by Crippen LogP contribution is -2.34. The van der Waals surface area contributed by atoms with Crippen LogP contribution < -0.4 is 4.74 Å². The van der Waals surface area contributed by atoms with E-state index in [4.69, 9.17) is 4.74 Å². The third-order valence-corrected chi connectivity index (χ3v) is 11.2. The van der Waals surface area contributed by atoms with Crippen molar-refractivity contribution in [1.29, 1.82) is 0 Å². The van der Waals surface area contributed by atoms with Crippen molar-refractivity contribution in [3.8, 4) is 33.8 Å². The molecule has 232 valence electrons. The van der Waals surface area contributed by atoms with Crippen molar-refractivity contribution in [2.24, 2.45) is 0 Å². The van der Waals surface area contributed by atoms with Crippen LogP contribution in [0.1, 0.15) is 47.2 Å². The van der Waals surface area contributed by atoms with Crippen LogP contribution in [0.25, 0.3) is 43.8 Å². The maximum Gasteiger partial charge on any atom is 0.132 e. The Morgan fingerprint density at radius 1 is 0.408 bits per heavy atom. The number of rotatable bonds is 3. The first-order valence-corrected chi connectivity index (χ1v) is 17.2. The fourth-order valence-corrected chi connectivity index (χ4v) is 8.92. The van der Waals surface area contributed by atoms with Gasteiger partial charge < -0.3 is 4.74 Å². The van der Waals surface area contributed by atoms with Gasteiger partial charge in [0.15, 0.2) is 0 Å². The molecule has 1 nitrogen and oxygen atoms in total. The first-order valence-electron chi connectivity index (χ1n) is 17.2. The minimum atomic E-state index is -0.633. The van der Waals surface area contributed by atoms with Crippen LogP contribution in [0.3, 0.4) is 0 Å². The summed E-state index contributed by atoms with van der Waals surface area (Å²) in [7, 11) is 0. The Morgan fingerprint density at radius 3 is 1.61 bits per heavy atom. The molecule has 0 fully saturated rings. The molecule has 0 atom stereocenters. The third kappa shape index (κ3) is 3.87. The number of fused-ring (bicyclic) bond motifs is 9. The quantitative estimate of drug-likeness (QED) is 0.190. The summed E-state index contributed by atoms with van der Waals surface area (Å²) in [6.07, 6.45) is 0. The van der Waals surface area contributed by atoms with E-state index in [1.165, 1.54) is 77.2 Å². The molecular formula is C48H34O. The van der Waals surface area contributed by atoms with Gasteiger partial charge in [-0.25, -0.2) is 0 Å². The van der Waals surface area contributed by atoms with Gasteiger partial charge in [0, 0.05) is 16.5 Å². The third-order valence-electron chi connectivity index (χ3n) is 11.2. The van der Waals surface area contributed by atoms with Gasteiger partial charge in [-0.1, -0.05) is 166 Å². The molecule has 1 aliphatic carbocycles. The molecule has 1 heteroatoms. The first kappa shape index (κ1) is 28.1. The van der Waals surface area contributed by atoms with Crippen molar-refractivity contribution in [2.75, 3.05) is 0 Å². The maximum atomic E-state index is 6.87. The minimum absolute atomic E-state index is 0.0448. The zero-order valence-corrected chi connectivity index (χ0v) is 27.6. The van der Waals surface area contributed by atoms with Gasteiger partial charge in [0.1, 0.15) is 11.5 Å². The lowest BCUT2D eigenvalue weighted by molar-refractivity contribution is 0.439. The number of benzene rings is 8. The Bertz CT molecular complexity index is 2510. The van der Waals surface area contributed by atoms with Crippen molar-refractivity contribution < 1.29 is 4.74 Å². The molecule has 0 saturated heterocycles. The van der Waals surface area contributed by atoms with Crippen LogP contribution in [0.4, 0.5) is 0 Å². The van der Waals surface area contributed by atoms with Crippen molar-refractivity contribution >= 4 is 21.5 Å². The normalized spacial score (nSPS) is 14.8. The van der Waals surface area contributed by atoms with E-state index < -0.39 is 5.41 Å². The monoisotopic (exact) mass is 626 g/mol. The summed E-state index contributed by atoms with van der Waals surface area (Å²) in [5, 5.41) is 4.80.